The summed E-state index contributed by atoms with van der Waals surface area (Å²) in [5.41, 5.74) is 0.770. The second kappa shape index (κ2) is 7.11. The molecule has 0 bridgehead atoms. The minimum atomic E-state index is -0.286. The molecule has 1 amide bonds. The number of benzene rings is 1. The lowest BCUT2D eigenvalue weighted by molar-refractivity contribution is -0.121. The minimum Gasteiger partial charge on any atom is -0.348 e. The molecule has 0 saturated carbocycles. The van der Waals surface area contributed by atoms with Gasteiger partial charge in [0, 0.05) is 6.04 Å². The Kier molecular flexibility index (Phi) is 5.78. The van der Waals surface area contributed by atoms with Crippen molar-refractivity contribution < 1.29 is 9.18 Å². The van der Waals surface area contributed by atoms with Gasteiger partial charge in [-0.1, -0.05) is 19.1 Å². The largest absolute Gasteiger partial charge is 0.348 e. The molecule has 3 nitrogen and oxygen atoms in total. The van der Waals surface area contributed by atoms with Crippen LogP contribution in [0.25, 0.3) is 0 Å². The Morgan fingerprint density at radius 2 is 2.11 bits per heavy atom. The standard InChI is InChI=1S/C14H21FN2O/c1-4-10(2)16-9-14(18)17-11(3)12-6-5-7-13(15)8-12/h5-8,10-11,16H,4,9H2,1-3H3,(H,17,18)/t10?,11-/m1/s1. The summed E-state index contributed by atoms with van der Waals surface area (Å²) in [4.78, 5) is 11.7. The molecule has 2 atom stereocenters. The highest BCUT2D eigenvalue weighted by Crippen LogP contribution is 2.12. The number of carbonyl (C=O) groups excluding carboxylic acids is 1. The third-order valence-corrected chi connectivity index (χ3v) is 2.95. The highest BCUT2D eigenvalue weighted by Gasteiger charge is 2.10. The average Bonchev–Trinajstić information content (AvgIpc) is 2.35. The first-order valence-electron chi connectivity index (χ1n) is 6.31. The van der Waals surface area contributed by atoms with E-state index in [0.717, 1.165) is 12.0 Å². The van der Waals surface area contributed by atoms with E-state index in [1.165, 1.54) is 12.1 Å². The number of hydrogen-bond donors (Lipinski definition) is 2. The van der Waals surface area contributed by atoms with Crippen LogP contribution in [0, 0.1) is 5.82 Å². The lowest BCUT2D eigenvalue weighted by Gasteiger charge is -2.16. The zero-order chi connectivity index (χ0) is 13.5. The van der Waals surface area contributed by atoms with Crippen LogP contribution >= 0.6 is 0 Å². The van der Waals surface area contributed by atoms with E-state index in [9.17, 15) is 9.18 Å². The lowest BCUT2D eigenvalue weighted by Crippen LogP contribution is -2.38. The lowest BCUT2D eigenvalue weighted by atomic mass is 10.1. The molecule has 0 aliphatic heterocycles. The van der Waals surface area contributed by atoms with Crippen molar-refractivity contribution in [3.05, 3.63) is 35.6 Å². The average molecular weight is 252 g/mol. The molecule has 1 aromatic carbocycles. The maximum Gasteiger partial charge on any atom is 0.234 e. The van der Waals surface area contributed by atoms with E-state index < -0.39 is 0 Å². The van der Waals surface area contributed by atoms with Crippen LogP contribution in [0.4, 0.5) is 4.39 Å². The van der Waals surface area contributed by atoms with Gasteiger partial charge in [-0.2, -0.15) is 0 Å². The van der Waals surface area contributed by atoms with Crippen LogP contribution in [-0.4, -0.2) is 18.5 Å². The first kappa shape index (κ1) is 14.6. The fraction of sp³-hybridized carbons (Fsp3) is 0.500. The Hall–Kier alpha value is -1.42. The Balaban J connectivity index is 2.44. The van der Waals surface area contributed by atoms with Gasteiger partial charge >= 0.3 is 0 Å². The van der Waals surface area contributed by atoms with Crippen LogP contribution in [0.5, 0.6) is 0 Å². The van der Waals surface area contributed by atoms with Crippen LogP contribution in [0.1, 0.15) is 38.8 Å². The van der Waals surface area contributed by atoms with Gasteiger partial charge < -0.3 is 10.6 Å². The summed E-state index contributed by atoms with van der Waals surface area (Å²) in [5, 5.41) is 5.95. The molecule has 2 N–H and O–H groups in total. The second-order valence-corrected chi connectivity index (χ2v) is 4.53. The highest BCUT2D eigenvalue weighted by atomic mass is 19.1. The normalized spacial score (nSPS) is 14.0. The Labute approximate surface area is 108 Å². The van der Waals surface area contributed by atoms with E-state index in [1.807, 2.05) is 13.8 Å². The molecule has 100 valence electrons. The summed E-state index contributed by atoms with van der Waals surface area (Å²) in [6.07, 6.45) is 0.979. The molecule has 0 spiro atoms. The fourth-order valence-corrected chi connectivity index (χ4v) is 1.56. The predicted molar refractivity (Wildman–Crippen MR) is 70.7 cm³/mol. The highest BCUT2D eigenvalue weighted by molar-refractivity contribution is 5.78. The van der Waals surface area contributed by atoms with Crippen molar-refractivity contribution in [2.75, 3.05) is 6.54 Å². The Morgan fingerprint density at radius 1 is 1.39 bits per heavy atom. The molecular weight excluding hydrogens is 231 g/mol. The van der Waals surface area contributed by atoms with E-state index in [1.54, 1.807) is 12.1 Å². The number of carbonyl (C=O) groups is 1. The number of amides is 1. The van der Waals surface area contributed by atoms with Gasteiger partial charge in [-0.15, -0.1) is 0 Å². The second-order valence-electron chi connectivity index (χ2n) is 4.53. The predicted octanol–water partition coefficient (Wildman–Crippen LogP) is 2.39. The first-order chi connectivity index (χ1) is 8.52. The van der Waals surface area contributed by atoms with E-state index in [2.05, 4.69) is 17.6 Å². The van der Waals surface area contributed by atoms with Crippen molar-refractivity contribution in [2.45, 2.75) is 39.3 Å². The molecule has 1 aromatic rings. The van der Waals surface area contributed by atoms with Gasteiger partial charge in [0.1, 0.15) is 5.82 Å². The van der Waals surface area contributed by atoms with Gasteiger partial charge in [0.05, 0.1) is 12.6 Å². The molecule has 0 aliphatic rings. The van der Waals surface area contributed by atoms with E-state index >= 15 is 0 Å². The molecule has 0 heterocycles. The van der Waals surface area contributed by atoms with Crippen molar-refractivity contribution in [2.24, 2.45) is 0 Å². The maximum absolute atomic E-state index is 13.0. The van der Waals surface area contributed by atoms with Crippen molar-refractivity contribution in [3.8, 4) is 0 Å². The summed E-state index contributed by atoms with van der Waals surface area (Å²) in [5.74, 6) is -0.363. The van der Waals surface area contributed by atoms with Crippen LogP contribution in [0.3, 0.4) is 0 Å². The Morgan fingerprint density at radius 3 is 2.72 bits per heavy atom. The van der Waals surface area contributed by atoms with Gasteiger partial charge in [0.15, 0.2) is 0 Å². The van der Waals surface area contributed by atoms with Crippen LogP contribution in [0.15, 0.2) is 24.3 Å². The van der Waals surface area contributed by atoms with Crippen molar-refractivity contribution in [3.63, 3.8) is 0 Å². The van der Waals surface area contributed by atoms with Gasteiger partial charge in [-0.05, 0) is 38.0 Å². The van der Waals surface area contributed by atoms with E-state index in [0.29, 0.717) is 6.04 Å². The third kappa shape index (κ3) is 4.84. The molecular formula is C14H21FN2O. The summed E-state index contributed by atoms with van der Waals surface area (Å²) in [7, 11) is 0. The number of halogens is 1. The van der Waals surface area contributed by atoms with Gasteiger partial charge in [-0.25, -0.2) is 4.39 Å². The number of nitrogens with one attached hydrogen (secondary N) is 2. The maximum atomic E-state index is 13.0. The van der Waals surface area contributed by atoms with Crippen molar-refractivity contribution in [1.82, 2.24) is 10.6 Å². The van der Waals surface area contributed by atoms with Crippen LogP contribution in [-0.2, 0) is 4.79 Å². The number of rotatable bonds is 6. The van der Waals surface area contributed by atoms with Gasteiger partial charge in [-0.3, -0.25) is 4.79 Å². The molecule has 4 heteroatoms. The Bertz CT molecular complexity index is 395. The third-order valence-electron chi connectivity index (χ3n) is 2.95. The van der Waals surface area contributed by atoms with Crippen LogP contribution in [0.2, 0.25) is 0 Å². The molecule has 0 fully saturated rings. The molecule has 1 rings (SSSR count). The summed E-state index contributed by atoms with van der Waals surface area (Å²) in [6.45, 7) is 6.22. The smallest absolute Gasteiger partial charge is 0.234 e. The first-order valence-corrected chi connectivity index (χ1v) is 6.31. The molecule has 1 unspecified atom stereocenters. The minimum absolute atomic E-state index is 0.0768. The molecule has 18 heavy (non-hydrogen) atoms. The van der Waals surface area contributed by atoms with Crippen molar-refractivity contribution in [1.29, 1.82) is 0 Å². The number of hydrogen-bond acceptors (Lipinski definition) is 2. The molecule has 0 saturated heterocycles. The van der Waals surface area contributed by atoms with Gasteiger partial charge in [0.25, 0.3) is 0 Å². The summed E-state index contributed by atoms with van der Waals surface area (Å²) < 4.78 is 13.0. The topological polar surface area (TPSA) is 41.1 Å². The van der Waals surface area contributed by atoms with Crippen molar-refractivity contribution >= 4 is 5.91 Å². The van der Waals surface area contributed by atoms with E-state index in [-0.39, 0.29) is 24.3 Å². The molecule has 0 aromatic heterocycles. The zero-order valence-electron chi connectivity index (χ0n) is 11.2. The molecule has 0 radical (unpaired) electrons. The van der Waals surface area contributed by atoms with Crippen LogP contribution < -0.4 is 10.6 Å². The van der Waals surface area contributed by atoms with E-state index in [4.69, 9.17) is 0 Å². The summed E-state index contributed by atoms with van der Waals surface area (Å²) >= 11 is 0. The van der Waals surface area contributed by atoms with Gasteiger partial charge in [0.2, 0.25) is 5.91 Å². The molecule has 0 aliphatic carbocycles. The SMILES string of the molecule is CCC(C)NCC(=O)N[C@H](C)c1cccc(F)c1. The monoisotopic (exact) mass is 252 g/mol. The fourth-order valence-electron chi connectivity index (χ4n) is 1.56. The zero-order valence-corrected chi connectivity index (χ0v) is 11.2. The summed E-state index contributed by atoms with van der Waals surface area (Å²) in [6, 6.07) is 6.41. The quantitative estimate of drug-likeness (QED) is 0.816.